The molecule has 0 aliphatic rings. The Kier molecular flexibility index (Phi) is 6.16. The molecule has 0 saturated carbocycles. The standard InChI is InChI=1S/C15H25NO2/c1-11(2)8-12(3)16-10-15(17)13-6-5-7-14(9-13)18-4/h5-7,9,11-12,15-17H,8,10H2,1-4H3. The van der Waals surface area contributed by atoms with Gasteiger partial charge in [0.25, 0.3) is 0 Å². The van der Waals surface area contributed by atoms with Gasteiger partial charge in [-0.3, -0.25) is 0 Å². The third-order valence-electron chi connectivity index (χ3n) is 2.96. The quantitative estimate of drug-likeness (QED) is 0.783. The van der Waals surface area contributed by atoms with Crippen molar-refractivity contribution in [3.63, 3.8) is 0 Å². The monoisotopic (exact) mass is 251 g/mol. The Morgan fingerprint density at radius 1 is 1.28 bits per heavy atom. The maximum Gasteiger partial charge on any atom is 0.119 e. The fourth-order valence-corrected chi connectivity index (χ4v) is 2.07. The van der Waals surface area contributed by atoms with Gasteiger partial charge in [-0.2, -0.15) is 0 Å². The predicted molar refractivity (Wildman–Crippen MR) is 74.9 cm³/mol. The van der Waals surface area contributed by atoms with E-state index in [0.717, 1.165) is 17.7 Å². The van der Waals surface area contributed by atoms with Crippen molar-refractivity contribution in [3.8, 4) is 5.75 Å². The molecule has 0 amide bonds. The number of aliphatic hydroxyl groups excluding tert-OH is 1. The predicted octanol–water partition coefficient (Wildman–Crippen LogP) is 2.75. The van der Waals surface area contributed by atoms with Crippen LogP contribution in [0.5, 0.6) is 5.75 Å². The van der Waals surface area contributed by atoms with Gasteiger partial charge in [-0.15, -0.1) is 0 Å². The van der Waals surface area contributed by atoms with E-state index in [4.69, 9.17) is 4.74 Å². The zero-order valence-corrected chi connectivity index (χ0v) is 11.8. The maximum absolute atomic E-state index is 10.1. The summed E-state index contributed by atoms with van der Waals surface area (Å²) in [5.41, 5.74) is 0.888. The first kappa shape index (κ1) is 15.0. The van der Waals surface area contributed by atoms with Crippen LogP contribution in [0.25, 0.3) is 0 Å². The Morgan fingerprint density at radius 2 is 2.00 bits per heavy atom. The Morgan fingerprint density at radius 3 is 2.61 bits per heavy atom. The molecule has 0 aliphatic carbocycles. The van der Waals surface area contributed by atoms with Crippen molar-refractivity contribution in [2.24, 2.45) is 5.92 Å². The number of rotatable bonds is 7. The number of hydrogen-bond donors (Lipinski definition) is 2. The summed E-state index contributed by atoms with van der Waals surface area (Å²) in [4.78, 5) is 0. The second kappa shape index (κ2) is 7.39. The van der Waals surface area contributed by atoms with Crippen LogP contribution in [-0.4, -0.2) is 24.8 Å². The van der Waals surface area contributed by atoms with Crippen molar-refractivity contribution in [2.75, 3.05) is 13.7 Å². The number of benzene rings is 1. The lowest BCUT2D eigenvalue weighted by Crippen LogP contribution is -2.31. The van der Waals surface area contributed by atoms with Crippen LogP contribution in [0.1, 0.15) is 38.9 Å². The third-order valence-corrected chi connectivity index (χ3v) is 2.96. The van der Waals surface area contributed by atoms with E-state index in [-0.39, 0.29) is 0 Å². The summed E-state index contributed by atoms with van der Waals surface area (Å²) in [6.07, 6.45) is 0.625. The van der Waals surface area contributed by atoms with Gasteiger partial charge in [-0.05, 0) is 37.0 Å². The van der Waals surface area contributed by atoms with E-state index in [2.05, 4.69) is 26.1 Å². The van der Waals surface area contributed by atoms with Gasteiger partial charge in [0.1, 0.15) is 5.75 Å². The van der Waals surface area contributed by atoms with Crippen molar-refractivity contribution in [3.05, 3.63) is 29.8 Å². The summed E-state index contributed by atoms with van der Waals surface area (Å²) in [5, 5.41) is 13.5. The smallest absolute Gasteiger partial charge is 0.119 e. The molecule has 3 nitrogen and oxygen atoms in total. The van der Waals surface area contributed by atoms with E-state index in [0.29, 0.717) is 18.5 Å². The fraction of sp³-hybridized carbons (Fsp3) is 0.600. The van der Waals surface area contributed by atoms with Gasteiger partial charge in [0.15, 0.2) is 0 Å². The Balaban J connectivity index is 2.46. The molecule has 2 unspecified atom stereocenters. The number of hydrogen-bond acceptors (Lipinski definition) is 3. The molecule has 0 fully saturated rings. The van der Waals surface area contributed by atoms with E-state index in [1.807, 2.05) is 24.3 Å². The van der Waals surface area contributed by atoms with Crippen molar-refractivity contribution >= 4 is 0 Å². The van der Waals surface area contributed by atoms with Crippen LogP contribution in [-0.2, 0) is 0 Å². The highest BCUT2D eigenvalue weighted by atomic mass is 16.5. The summed E-state index contributed by atoms with van der Waals surface area (Å²) in [5.74, 6) is 1.45. The van der Waals surface area contributed by atoms with Gasteiger partial charge in [0.2, 0.25) is 0 Å². The molecule has 0 bridgehead atoms. The molecule has 0 spiro atoms. The molecule has 0 saturated heterocycles. The summed E-state index contributed by atoms with van der Waals surface area (Å²) in [7, 11) is 1.63. The van der Waals surface area contributed by atoms with Gasteiger partial charge in [-0.1, -0.05) is 26.0 Å². The van der Waals surface area contributed by atoms with Crippen molar-refractivity contribution in [1.29, 1.82) is 0 Å². The second-order valence-electron chi connectivity index (χ2n) is 5.23. The van der Waals surface area contributed by atoms with E-state index >= 15 is 0 Å². The van der Waals surface area contributed by atoms with E-state index in [1.54, 1.807) is 7.11 Å². The number of nitrogens with one attached hydrogen (secondary N) is 1. The minimum atomic E-state index is -0.491. The first-order chi connectivity index (χ1) is 8.52. The highest BCUT2D eigenvalue weighted by Gasteiger charge is 2.10. The molecule has 2 atom stereocenters. The van der Waals surface area contributed by atoms with Crippen molar-refractivity contribution in [2.45, 2.75) is 39.3 Å². The second-order valence-corrected chi connectivity index (χ2v) is 5.23. The molecule has 1 rings (SSSR count). The van der Waals surface area contributed by atoms with Gasteiger partial charge in [-0.25, -0.2) is 0 Å². The van der Waals surface area contributed by atoms with Crippen LogP contribution in [0.4, 0.5) is 0 Å². The van der Waals surface area contributed by atoms with Gasteiger partial charge in [0.05, 0.1) is 13.2 Å². The normalized spacial score (nSPS) is 14.6. The molecule has 102 valence electrons. The van der Waals surface area contributed by atoms with Crippen molar-refractivity contribution in [1.82, 2.24) is 5.32 Å². The minimum absolute atomic E-state index is 0.422. The molecular formula is C15H25NO2. The molecular weight excluding hydrogens is 226 g/mol. The highest BCUT2D eigenvalue weighted by Crippen LogP contribution is 2.18. The van der Waals surface area contributed by atoms with Crippen LogP contribution in [0.3, 0.4) is 0 Å². The minimum Gasteiger partial charge on any atom is -0.497 e. The van der Waals surface area contributed by atoms with Crippen molar-refractivity contribution < 1.29 is 9.84 Å². The highest BCUT2D eigenvalue weighted by molar-refractivity contribution is 5.29. The molecule has 0 aromatic heterocycles. The largest absolute Gasteiger partial charge is 0.497 e. The zero-order chi connectivity index (χ0) is 13.5. The van der Waals surface area contributed by atoms with E-state index in [9.17, 15) is 5.11 Å². The summed E-state index contributed by atoms with van der Waals surface area (Å²) in [6.45, 7) is 7.13. The summed E-state index contributed by atoms with van der Waals surface area (Å²) >= 11 is 0. The Labute approximate surface area is 110 Å². The first-order valence-corrected chi connectivity index (χ1v) is 6.58. The zero-order valence-electron chi connectivity index (χ0n) is 11.8. The SMILES string of the molecule is COc1cccc(C(O)CNC(C)CC(C)C)c1. The number of aliphatic hydroxyl groups is 1. The lowest BCUT2D eigenvalue weighted by atomic mass is 10.0. The summed E-state index contributed by atoms with van der Waals surface area (Å²) in [6, 6.07) is 7.99. The van der Waals surface area contributed by atoms with Gasteiger partial charge < -0.3 is 15.2 Å². The van der Waals surface area contributed by atoms with Crippen LogP contribution >= 0.6 is 0 Å². The lowest BCUT2D eigenvalue weighted by Gasteiger charge is -2.19. The van der Waals surface area contributed by atoms with Gasteiger partial charge in [0, 0.05) is 12.6 Å². The molecule has 2 N–H and O–H groups in total. The molecule has 1 aromatic rings. The molecule has 0 heterocycles. The van der Waals surface area contributed by atoms with Crippen LogP contribution < -0.4 is 10.1 Å². The van der Waals surface area contributed by atoms with Crippen LogP contribution in [0, 0.1) is 5.92 Å². The molecule has 18 heavy (non-hydrogen) atoms. The number of ether oxygens (including phenoxy) is 1. The Hall–Kier alpha value is -1.06. The lowest BCUT2D eigenvalue weighted by molar-refractivity contribution is 0.168. The van der Waals surface area contributed by atoms with Gasteiger partial charge >= 0.3 is 0 Å². The maximum atomic E-state index is 10.1. The molecule has 0 aliphatic heterocycles. The molecule has 0 radical (unpaired) electrons. The summed E-state index contributed by atoms with van der Waals surface area (Å²) < 4.78 is 5.15. The average molecular weight is 251 g/mol. The van der Waals surface area contributed by atoms with E-state index < -0.39 is 6.10 Å². The van der Waals surface area contributed by atoms with E-state index in [1.165, 1.54) is 0 Å². The average Bonchev–Trinajstić information content (AvgIpc) is 2.35. The Bertz CT molecular complexity index is 352. The van der Waals surface area contributed by atoms with Crippen LogP contribution in [0.15, 0.2) is 24.3 Å². The first-order valence-electron chi connectivity index (χ1n) is 6.58. The number of methoxy groups -OCH3 is 1. The third kappa shape index (κ3) is 5.07. The topological polar surface area (TPSA) is 41.5 Å². The molecule has 1 aromatic carbocycles. The van der Waals surface area contributed by atoms with Crippen LogP contribution in [0.2, 0.25) is 0 Å². The molecule has 3 heteroatoms. The fourth-order valence-electron chi connectivity index (χ4n) is 2.07.